The first-order valence-electron chi connectivity index (χ1n) is 6.92. The molecule has 2 atom stereocenters. The van der Waals surface area contributed by atoms with Gasteiger partial charge in [-0.1, -0.05) is 12.8 Å². The van der Waals surface area contributed by atoms with Crippen LogP contribution in [-0.2, 0) is 7.05 Å². The summed E-state index contributed by atoms with van der Waals surface area (Å²) in [7, 11) is 1.81. The second-order valence-electron chi connectivity index (χ2n) is 5.47. The standard InChI is InChI=1S/C14H23N3O2/c1-17-8-12(15)6-13(17)14(19)16-7-10-4-2-3-5-11(10)9-18/h6,8,10-11,18H,2-5,7,9,15H2,1H3,(H,16,19). The topological polar surface area (TPSA) is 80.3 Å². The highest BCUT2D eigenvalue weighted by Crippen LogP contribution is 2.29. The normalized spacial score (nSPS) is 23.3. The number of nitrogen functional groups attached to an aromatic ring is 1. The monoisotopic (exact) mass is 265 g/mol. The highest BCUT2D eigenvalue weighted by Gasteiger charge is 2.25. The number of rotatable bonds is 4. The van der Waals surface area contributed by atoms with Gasteiger partial charge in [-0.15, -0.1) is 0 Å². The number of nitrogens with zero attached hydrogens (tertiary/aromatic N) is 1. The molecular weight excluding hydrogens is 242 g/mol. The molecule has 2 rings (SSSR count). The van der Waals surface area contributed by atoms with E-state index in [-0.39, 0.29) is 12.5 Å². The molecule has 1 aliphatic rings. The summed E-state index contributed by atoms with van der Waals surface area (Å²) < 4.78 is 1.73. The van der Waals surface area contributed by atoms with Crippen LogP contribution in [0.4, 0.5) is 5.69 Å². The second kappa shape index (κ2) is 6.10. The highest BCUT2D eigenvalue weighted by atomic mass is 16.3. The molecular formula is C14H23N3O2. The van der Waals surface area contributed by atoms with Gasteiger partial charge in [-0.25, -0.2) is 0 Å². The van der Waals surface area contributed by atoms with E-state index in [1.54, 1.807) is 16.8 Å². The number of nitrogens with one attached hydrogen (secondary N) is 1. The quantitative estimate of drug-likeness (QED) is 0.763. The van der Waals surface area contributed by atoms with Gasteiger partial charge in [0.2, 0.25) is 0 Å². The van der Waals surface area contributed by atoms with E-state index in [0.29, 0.717) is 29.8 Å². The summed E-state index contributed by atoms with van der Waals surface area (Å²) in [6, 6.07) is 1.68. The molecule has 0 bridgehead atoms. The summed E-state index contributed by atoms with van der Waals surface area (Å²) in [5, 5.41) is 12.3. The molecule has 5 nitrogen and oxygen atoms in total. The number of carbonyl (C=O) groups excluding carboxylic acids is 1. The van der Waals surface area contributed by atoms with Crippen molar-refractivity contribution in [2.75, 3.05) is 18.9 Å². The minimum absolute atomic E-state index is 0.0959. The molecule has 1 aliphatic carbocycles. The Hall–Kier alpha value is -1.49. The van der Waals surface area contributed by atoms with E-state index < -0.39 is 0 Å². The number of anilines is 1. The van der Waals surface area contributed by atoms with Crippen molar-refractivity contribution in [2.45, 2.75) is 25.7 Å². The van der Waals surface area contributed by atoms with E-state index in [4.69, 9.17) is 5.73 Å². The van der Waals surface area contributed by atoms with E-state index in [9.17, 15) is 9.90 Å². The number of aryl methyl sites for hydroxylation is 1. The zero-order valence-electron chi connectivity index (χ0n) is 11.4. The number of hydrogen-bond donors (Lipinski definition) is 3. The fraction of sp³-hybridized carbons (Fsp3) is 0.643. The van der Waals surface area contributed by atoms with Gasteiger partial charge in [-0.3, -0.25) is 4.79 Å². The minimum Gasteiger partial charge on any atom is -0.397 e. The molecule has 5 heteroatoms. The van der Waals surface area contributed by atoms with Crippen molar-refractivity contribution in [1.82, 2.24) is 9.88 Å². The third-order valence-electron chi connectivity index (χ3n) is 4.08. The largest absolute Gasteiger partial charge is 0.397 e. The van der Waals surface area contributed by atoms with Crippen molar-refractivity contribution < 1.29 is 9.90 Å². The lowest BCUT2D eigenvalue weighted by molar-refractivity contribution is 0.0901. The first-order chi connectivity index (χ1) is 9.11. The van der Waals surface area contributed by atoms with Crippen molar-refractivity contribution in [3.05, 3.63) is 18.0 Å². The Morgan fingerprint density at radius 2 is 2.16 bits per heavy atom. The van der Waals surface area contributed by atoms with Crippen LogP contribution >= 0.6 is 0 Å². The van der Waals surface area contributed by atoms with Crippen molar-refractivity contribution in [1.29, 1.82) is 0 Å². The number of hydrogen-bond acceptors (Lipinski definition) is 3. The molecule has 0 radical (unpaired) electrons. The molecule has 1 fully saturated rings. The lowest BCUT2D eigenvalue weighted by Gasteiger charge is -2.30. The van der Waals surface area contributed by atoms with E-state index in [2.05, 4.69) is 5.32 Å². The van der Waals surface area contributed by atoms with Crippen LogP contribution in [0, 0.1) is 11.8 Å². The van der Waals surface area contributed by atoms with Crippen molar-refractivity contribution in [3.63, 3.8) is 0 Å². The van der Waals surface area contributed by atoms with Gasteiger partial charge in [0.05, 0.1) is 5.69 Å². The fourth-order valence-corrected chi connectivity index (χ4v) is 2.92. The van der Waals surface area contributed by atoms with Crippen molar-refractivity contribution >= 4 is 11.6 Å². The molecule has 0 aromatic carbocycles. The van der Waals surface area contributed by atoms with Crippen LogP contribution in [0.3, 0.4) is 0 Å². The maximum Gasteiger partial charge on any atom is 0.267 e. The van der Waals surface area contributed by atoms with Gasteiger partial charge in [0.1, 0.15) is 5.69 Å². The van der Waals surface area contributed by atoms with E-state index >= 15 is 0 Å². The lowest BCUT2D eigenvalue weighted by Crippen LogP contribution is -2.36. The van der Waals surface area contributed by atoms with Gasteiger partial charge in [-0.2, -0.15) is 0 Å². The number of aromatic nitrogens is 1. The molecule has 0 aliphatic heterocycles. The third kappa shape index (κ3) is 3.29. The van der Waals surface area contributed by atoms with Crippen LogP contribution < -0.4 is 11.1 Å². The summed E-state index contributed by atoms with van der Waals surface area (Å²) in [4.78, 5) is 12.1. The van der Waals surface area contributed by atoms with Gasteiger partial charge < -0.3 is 20.7 Å². The second-order valence-corrected chi connectivity index (χ2v) is 5.47. The maximum absolute atomic E-state index is 12.1. The smallest absolute Gasteiger partial charge is 0.267 e. The maximum atomic E-state index is 12.1. The van der Waals surface area contributed by atoms with Crippen LogP contribution in [0.25, 0.3) is 0 Å². The Kier molecular flexibility index (Phi) is 4.47. The predicted octanol–water partition coefficient (Wildman–Crippen LogP) is 1.14. The molecule has 1 saturated carbocycles. The number of aliphatic hydroxyl groups excluding tert-OH is 1. The Morgan fingerprint density at radius 3 is 2.74 bits per heavy atom. The minimum atomic E-state index is -0.0959. The van der Waals surface area contributed by atoms with Gasteiger partial charge in [0.15, 0.2) is 0 Å². The molecule has 1 amide bonds. The van der Waals surface area contributed by atoms with E-state index in [1.807, 2.05) is 7.05 Å². The molecule has 2 unspecified atom stereocenters. The molecule has 0 saturated heterocycles. The Morgan fingerprint density at radius 1 is 1.47 bits per heavy atom. The lowest BCUT2D eigenvalue weighted by atomic mass is 9.79. The zero-order chi connectivity index (χ0) is 13.8. The molecule has 4 N–H and O–H groups in total. The summed E-state index contributed by atoms with van der Waals surface area (Å²) in [5.74, 6) is 0.620. The van der Waals surface area contributed by atoms with E-state index in [0.717, 1.165) is 12.8 Å². The van der Waals surface area contributed by atoms with Gasteiger partial charge in [0, 0.05) is 26.4 Å². The Balaban J connectivity index is 1.91. The van der Waals surface area contributed by atoms with Crippen molar-refractivity contribution in [2.24, 2.45) is 18.9 Å². The van der Waals surface area contributed by atoms with Gasteiger partial charge in [0.25, 0.3) is 5.91 Å². The van der Waals surface area contributed by atoms with Crippen LogP contribution in [-0.4, -0.2) is 28.7 Å². The summed E-state index contributed by atoms with van der Waals surface area (Å²) in [6.07, 6.45) is 6.25. The van der Waals surface area contributed by atoms with E-state index in [1.165, 1.54) is 12.8 Å². The number of amides is 1. The average molecular weight is 265 g/mol. The van der Waals surface area contributed by atoms with Crippen LogP contribution in [0.1, 0.15) is 36.2 Å². The first kappa shape index (κ1) is 13.9. The molecule has 106 valence electrons. The number of aliphatic hydroxyl groups is 1. The first-order valence-corrected chi connectivity index (χ1v) is 6.92. The SMILES string of the molecule is Cn1cc(N)cc1C(=O)NCC1CCCCC1CO. The summed E-state index contributed by atoms with van der Waals surface area (Å²) in [6.45, 7) is 0.854. The average Bonchev–Trinajstić information content (AvgIpc) is 2.75. The summed E-state index contributed by atoms with van der Waals surface area (Å²) in [5.41, 5.74) is 6.84. The number of nitrogens with two attached hydrogens (primary N) is 1. The molecule has 1 heterocycles. The molecule has 0 spiro atoms. The molecule has 1 aromatic heterocycles. The van der Waals surface area contributed by atoms with Crippen LogP contribution in [0.5, 0.6) is 0 Å². The zero-order valence-corrected chi connectivity index (χ0v) is 11.4. The Labute approximate surface area is 113 Å². The number of carbonyl (C=O) groups is 1. The summed E-state index contributed by atoms with van der Waals surface area (Å²) >= 11 is 0. The highest BCUT2D eigenvalue weighted by molar-refractivity contribution is 5.93. The fourth-order valence-electron chi connectivity index (χ4n) is 2.92. The van der Waals surface area contributed by atoms with Gasteiger partial charge >= 0.3 is 0 Å². The third-order valence-corrected chi connectivity index (χ3v) is 4.08. The molecule has 19 heavy (non-hydrogen) atoms. The van der Waals surface area contributed by atoms with Crippen molar-refractivity contribution in [3.8, 4) is 0 Å². The van der Waals surface area contributed by atoms with Gasteiger partial charge in [-0.05, 0) is 30.7 Å². The predicted molar refractivity (Wildman–Crippen MR) is 74.7 cm³/mol. The van der Waals surface area contributed by atoms with Crippen LogP contribution in [0.2, 0.25) is 0 Å². The Bertz CT molecular complexity index is 442. The molecule has 1 aromatic rings. The van der Waals surface area contributed by atoms with Crippen LogP contribution in [0.15, 0.2) is 12.3 Å².